The topological polar surface area (TPSA) is 49.9 Å². The molecule has 2 fully saturated rings. The van der Waals surface area contributed by atoms with Crippen LogP contribution in [0.5, 0.6) is 5.75 Å². The first-order valence-electron chi connectivity index (χ1n) is 10.5. The zero-order valence-electron chi connectivity index (χ0n) is 17.2. The molecule has 2 aromatic carbocycles. The van der Waals surface area contributed by atoms with Crippen molar-refractivity contribution in [2.75, 3.05) is 26.7 Å². The maximum atomic E-state index is 13.2. The molecule has 0 N–H and O–H groups in total. The Balaban J connectivity index is 1.39. The average Bonchev–Trinajstić information content (AvgIpc) is 2.78. The van der Waals surface area contributed by atoms with Crippen molar-refractivity contribution in [3.05, 3.63) is 65.5 Å². The number of methoxy groups -OCH3 is 1. The number of hydrogen-bond donors (Lipinski definition) is 0. The SMILES string of the molecule is COc1ccc(CCN2C(=O)CC[C@@H]3CN(C(=O)c4ccc(F)cc4)CC[C@@H]32)cc1. The molecule has 30 heavy (non-hydrogen) atoms. The van der Waals surface area contributed by atoms with Gasteiger partial charge in [-0.25, -0.2) is 4.39 Å². The highest BCUT2D eigenvalue weighted by Crippen LogP contribution is 2.32. The fourth-order valence-electron chi connectivity index (χ4n) is 4.64. The molecule has 0 aromatic heterocycles. The number of benzene rings is 2. The van der Waals surface area contributed by atoms with Crippen LogP contribution in [0.4, 0.5) is 4.39 Å². The first kappa shape index (κ1) is 20.4. The number of halogens is 1. The molecule has 0 spiro atoms. The van der Waals surface area contributed by atoms with Gasteiger partial charge < -0.3 is 14.5 Å². The van der Waals surface area contributed by atoms with Crippen LogP contribution in [-0.2, 0) is 11.2 Å². The minimum atomic E-state index is -0.344. The van der Waals surface area contributed by atoms with Crippen molar-refractivity contribution in [2.45, 2.75) is 31.7 Å². The highest BCUT2D eigenvalue weighted by atomic mass is 19.1. The van der Waals surface area contributed by atoms with E-state index in [1.165, 1.54) is 29.8 Å². The Kier molecular flexibility index (Phi) is 6.02. The fraction of sp³-hybridized carbons (Fsp3) is 0.417. The lowest BCUT2D eigenvalue weighted by molar-refractivity contribution is -0.140. The maximum Gasteiger partial charge on any atom is 0.253 e. The van der Waals surface area contributed by atoms with Gasteiger partial charge in [0.15, 0.2) is 0 Å². The van der Waals surface area contributed by atoms with E-state index in [0.29, 0.717) is 31.6 Å². The molecule has 2 heterocycles. The molecule has 0 unspecified atom stereocenters. The lowest BCUT2D eigenvalue weighted by Gasteiger charge is -2.47. The van der Waals surface area contributed by atoms with E-state index in [1.807, 2.05) is 34.1 Å². The average molecular weight is 410 g/mol. The lowest BCUT2D eigenvalue weighted by atomic mass is 9.83. The van der Waals surface area contributed by atoms with Crippen LogP contribution in [0, 0.1) is 11.7 Å². The van der Waals surface area contributed by atoms with Crippen molar-refractivity contribution >= 4 is 11.8 Å². The minimum Gasteiger partial charge on any atom is -0.497 e. The van der Waals surface area contributed by atoms with Crippen LogP contribution >= 0.6 is 0 Å². The number of likely N-dealkylation sites (tertiary alicyclic amines) is 2. The van der Waals surface area contributed by atoms with Gasteiger partial charge in [0, 0.05) is 37.7 Å². The van der Waals surface area contributed by atoms with E-state index < -0.39 is 0 Å². The number of fused-ring (bicyclic) bond motifs is 1. The molecule has 0 bridgehead atoms. The van der Waals surface area contributed by atoms with Gasteiger partial charge >= 0.3 is 0 Å². The molecule has 0 radical (unpaired) electrons. The van der Waals surface area contributed by atoms with Gasteiger partial charge in [-0.1, -0.05) is 12.1 Å². The number of amides is 2. The normalized spacial score (nSPS) is 21.3. The van der Waals surface area contributed by atoms with Gasteiger partial charge in [0.25, 0.3) is 5.91 Å². The second-order valence-electron chi connectivity index (χ2n) is 8.10. The zero-order chi connectivity index (χ0) is 21.1. The van der Waals surface area contributed by atoms with Crippen molar-refractivity contribution in [1.82, 2.24) is 9.80 Å². The Morgan fingerprint density at radius 1 is 1.10 bits per heavy atom. The fourth-order valence-corrected chi connectivity index (χ4v) is 4.64. The summed E-state index contributed by atoms with van der Waals surface area (Å²) in [6, 6.07) is 13.8. The third-order valence-electron chi connectivity index (χ3n) is 6.32. The van der Waals surface area contributed by atoms with Crippen LogP contribution in [0.25, 0.3) is 0 Å². The monoisotopic (exact) mass is 410 g/mol. The minimum absolute atomic E-state index is 0.0601. The van der Waals surface area contributed by atoms with Crippen LogP contribution in [-0.4, -0.2) is 54.4 Å². The van der Waals surface area contributed by atoms with Crippen molar-refractivity contribution < 1.29 is 18.7 Å². The van der Waals surface area contributed by atoms with Crippen LogP contribution in [0.2, 0.25) is 0 Å². The molecule has 2 aliphatic heterocycles. The molecule has 2 aromatic rings. The van der Waals surface area contributed by atoms with Crippen molar-refractivity contribution in [3.8, 4) is 5.75 Å². The standard InChI is InChI=1S/C24H27FN2O3/c1-30-21-9-2-17(3-10-21)12-15-27-22-13-14-26(16-19(22)6-11-23(27)28)24(29)18-4-7-20(25)8-5-18/h2-5,7-10,19,22H,6,11-16H2,1H3/t19-,22+/m1/s1. The Labute approximate surface area is 176 Å². The second kappa shape index (κ2) is 8.86. The van der Waals surface area contributed by atoms with Crippen LogP contribution in [0.1, 0.15) is 35.2 Å². The summed E-state index contributed by atoms with van der Waals surface area (Å²) in [7, 11) is 1.65. The van der Waals surface area contributed by atoms with E-state index in [0.717, 1.165) is 25.0 Å². The second-order valence-corrected chi connectivity index (χ2v) is 8.10. The van der Waals surface area contributed by atoms with Gasteiger partial charge in [0.2, 0.25) is 5.91 Å². The Morgan fingerprint density at radius 2 is 1.83 bits per heavy atom. The zero-order valence-corrected chi connectivity index (χ0v) is 17.2. The summed E-state index contributed by atoms with van der Waals surface area (Å²) in [5.41, 5.74) is 1.69. The molecule has 158 valence electrons. The number of rotatable bonds is 5. The van der Waals surface area contributed by atoms with E-state index in [-0.39, 0.29) is 29.6 Å². The van der Waals surface area contributed by atoms with Gasteiger partial charge in [-0.2, -0.15) is 0 Å². The van der Waals surface area contributed by atoms with Gasteiger partial charge in [0.05, 0.1) is 7.11 Å². The van der Waals surface area contributed by atoms with E-state index in [2.05, 4.69) is 0 Å². The van der Waals surface area contributed by atoms with Gasteiger partial charge in [-0.3, -0.25) is 9.59 Å². The molecule has 2 aliphatic rings. The lowest BCUT2D eigenvalue weighted by Crippen LogP contribution is -2.57. The first-order chi connectivity index (χ1) is 14.5. The van der Waals surface area contributed by atoms with Crippen molar-refractivity contribution in [2.24, 2.45) is 5.92 Å². The quantitative estimate of drug-likeness (QED) is 0.758. The van der Waals surface area contributed by atoms with E-state index in [4.69, 9.17) is 4.74 Å². The van der Waals surface area contributed by atoms with E-state index in [1.54, 1.807) is 7.11 Å². The molecule has 2 amide bonds. The highest BCUT2D eigenvalue weighted by Gasteiger charge is 2.40. The largest absolute Gasteiger partial charge is 0.497 e. The highest BCUT2D eigenvalue weighted by molar-refractivity contribution is 5.94. The molecule has 6 heteroatoms. The molecule has 0 saturated carbocycles. The van der Waals surface area contributed by atoms with Crippen LogP contribution < -0.4 is 4.74 Å². The van der Waals surface area contributed by atoms with Crippen molar-refractivity contribution in [3.63, 3.8) is 0 Å². The first-order valence-corrected chi connectivity index (χ1v) is 10.5. The number of ether oxygens (including phenoxy) is 1. The van der Waals surface area contributed by atoms with Gasteiger partial charge in [-0.05, 0) is 67.1 Å². The third kappa shape index (κ3) is 4.32. The molecule has 4 rings (SSSR count). The molecule has 5 nitrogen and oxygen atoms in total. The van der Waals surface area contributed by atoms with Gasteiger partial charge in [-0.15, -0.1) is 0 Å². The van der Waals surface area contributed by atoms with E-state index in [9.17, 15) is 14.0 Å². The van der Waals surface area contributed by atoms with Crippen LogP contribution in [0.15, 0.2) is 48.5 Å². The summed E-state index contributed by atoms with van der Waals surface area (Å²) < 4.78 is 18.4. The Hall–Kier alpha value is -2.89. The number of nitrogens with zero attached hydrogens (tertiary/aromatic N) is 2. The number of carbonyl (C=O) groups is 2. The molecular weight excluding hydrogens is 383 g/mol. The predicted molar refractivity (Wildman–Crippen MR) is 112 cm³/mol. The molecule has 2 saturated heterocycles. The third-order valence-corrected chi connectivity index (χ3v) is 6.32. The smallest absolute Gasteiger partial charge is 0.253 e. The van der Waals surface area contributed by atoms with Gasteiger partial charge in [0.1, 0.15) is 11.6 Å². The summed E-state index contributed by atoms with van der Waals surface area (Å²) in [4.78, 5) is 29.3. The van der Waals surface area contributed by atoms with E-state index >= 15 is 0 Å². The summed E-state index contributed by atoms with van der Waals surface area (Å²) >= 11 is 0. The molecule has 2 atom stereocenters. The summed E-state index contributed by atoms with van der Waals surface area (Å²) in [6.45, 7) is 1.95. The number of piperidine rings is 2. The van der Waals surface area contributed by atoms with Crippen LogP contribution in [0.3, 0.4) is 0 Å². The molecular formula is C24H27FN2O3. The summed E-state index contributed by atoms with van der Waals surface area (Å²) in [5.74, 6) is 0.921. The summed E-state index contributed by atoms with van der Waals surface area (Å²) in [5, 5.41) is 0. The predicted octanol–water partition coefficient (Wildman–Crippen LogP) is 3.53. The Bertz CT molecular complexity index is 898. The Morgan fingerprint density at radius 3 is 2.53 bits per heavy atom. The van der Waals surface area contributed by atoms with Crippen molar-refractivity contribution in [1.29, 1.82) is 0 Å². The maximum absolute atomic E-state index is 13.2. The number of hydrogen-bond acceptors (Lipinski definition) is 3. The number of carbonyl (C=O) groups excluding carboxylic acids is 2. The molecule has 0 aliphatic carbocycles. The summed E-state index contributed by atoms with van der Waals surface area (Å²) in [6.07, 6.45) is 2.93.